The van der Waals surface area contributed by atoms with Gasteiger partial charge in [-0.3, -0.25) is 19.3 Å². The van der Waals surface area contributed by atoms with Gasteiger partial charge in [-0.15, -0.1) is 11.3 Å². The summed E-state index contributed by atoms with van der Waals surface area (Å²) in [7, 11) is 0. The molecule has 138 valence electrons. The van der Waals surface area contributed by atoms with Crippen LogP contribution in [0.3, 0.4) is 0 Å². The molecule has 0 bridgehead atoms. The predicted octanol–water partition coefficient (Wildman–Crippen LogP) is 3.37. The summed E-state index contributed by atoms with van der Waals surface area (Å²) in [5, 5.41) is 2.62. The lowest BCUT2D eigenvalue weighted by molar-refractivity contribution is -0.125. The van der Waals surface area contributed by atoms with Crippen molar-refractivity contribution >= 4 is 40.7 Å². The van der Waals surface area contributed by atoms with Crippen LogP contribution in [0.4, 0.5) is 0 Å². The van der Waals surface area contributed by atoms with Crippen LogP contribution in [0.15, 0.2) is 42.6 Å². The topological polar surface area (TPSA) is 75.7 Å². The second-order valence-corrected chi connectivity index (χ2v) is 8.10. The van der Waals surface area contributed by atoms with Gasteiger partial charge in [0.15, 0.2) is 0 Å². The van der Waals surface area contributed by atoms with E-state index in [9.17, 15) is 14.4 Å². The molecule has 3 amide bonds. The summed E-state index contributed by atoms with van der Waals surface area (Å²) in [6, 6.07) is 7.65. The summed E-state index contributed by atoms with van der Waals surface area (Å²) < 4.78 is 6.43. The van der Waals surface area contributed by atoms with E-state index in [-0.39, 0.29) is 17.7 Å². The number of nitrogens with one attached hydrogen (secondary N) is 1. The van der Waals surface area contributed by atoms with Crippen LogP contribution in [0.5, 0.6) is 5.75 Å². The molecular weight excluding hydrogens is 388 g/mol. The average molecular weight is 403 g/mol. The fourth-order valence-electron chi connectivity index (χ4n) is 3.26. The summed E-state index contributed by atoms with van der Waals surface area (Å²) in [5.41, 5.74) is 1.03. The smallest absolute Gasteiger partial charge is 0.266 e. The van der Waals surface area contributed by atoms with Crippen molar-refractivity contribution in [2.24, 2.45) is 0 Å². The number of carbonyl (C=O) groups is 3. The Kier molecular flexibility index (Phi) is 4.49. The number of rotatable bonds is 4. The maximum atomic E-state index is 13.0. The Morgan fingerprint density at radius 1 is 1.22 bits per heavy atom. The molecule has 1 unspecified atom stereocenters. The van der Waals surface area contributed by atoms with E-state index in [2.05, 4.69) is 11.9 Å². The van der Waals surface area contributed by atoms with Gasteiger partial charge in [0.1, 0.15) is 18.4 Å². The lowest BCUT2D eigenvalue weighted by Gasteiger charge is -2.29. The maximum absolute atomic E-state index is 13.0. The van der Waals surface area contributed by atoms with E-state index in [0.717, 1.165) is 9.78 Å². The first-order valence-electron chi connectivity index (χ1n) is 8.32. The predicted molar refractivity (Wildman–Crippen MR) is 101 cm³/mol. The Morgan fingerprint density at radius 2 is 2.04 bits per heavy atom. The molecule has 8 heteroatoms. The lowest BCUT2D eigenvalue weighted by atomic mass is 10.0. The van der Waals surface area contributed by atoms with Crippen molar-refractivity contribution in [3.63, 3.8) is 0 Å². The van der Waals surface area contributed by atoms with E-state index in [4.69, 9.17) is 16.3 Å². The molecule has 3 heterocycles. The van der Waals surface area contributed by atoms with Gasteiger partial charge in [0.25, 0.3) is 11.8 Å². The molecule has 6 nitrogen and oxygen atoms in total. The second-order valence-electron chi connectivity index (χ2n) is 6.30. The molecule has 1 aromatic carbocycles. The Hall–Kier alpha value is -2.64. The van der Waals surface area contributed by atoms with Crippen LogP contribution in [0.25, 0.3) is 0 Å². The van der Waals surface area contributed by atoms with Crippen molar-refractivity contribution in [1.29, 1.82) is 0 Å². The minimum absolute atomic E-state index is 0.197. The molecule has 0 radical (unpaired) electrons. The lowest BCUT2D eigenvalue weighted by Crippen LogP contribution is -2.51. The third kappa shape index (κ3) is 3.13. The number of imide groups is 1. The van der Waals surface area contributed by atoms with Gasteiger partial charge in [0.2, 0.25) is 5.91 Å². The number of amides is 3. The number of allylic oxidation sites excluding steroid dienone is 1. The van der Waals surface area contributed by atoms with Gasteiger partial charge in [-0.25, -0.2) is 0 Å². The molecule has 0 spiro atoms. The van der Waals surface area contributed by atoms with Gasteiger partial charge in [0.05, 0.1) is 15.5 Å². The zero-order valence-electron chi connectivity index (χ0n) is 14.2. The molecular formula is C19H15ClN2O4S. The van der Waals surface area contributed by atoms with Crippen LogP contribution >= 0.6 is 22.9 Å². The van der Waals surface area contributed by atoms with E-state index in [0.29, 0.717) is 28.6 Å². The quantitative estimate of drug-likeness (QED) is 0.795. The molecule has 0 saturated carbocycles. The highest BCUT2D eigenvalue weighted by Crippen LogP contribution is 2.34. The highest BCUT2D eigenvalue weighted by atomic mass is 35.5. The number of piperidine rings is 1. The van der Waals surface area contributed by atoms with Crippen LogP contribution in [0.2, 0.25) is 4.34 Å². The number of nitrogens with zero attached hydrogens (tertiary/aromatic N) is 1. The minimum atomic E-state index is -0.841. The zero-order chi connectivity index (χ0) is 19.1. The minimum Gasteiger partial charge on any atom is -0.487 e. The monoisotopic (exact) mass is 402 g/mol. The number of hydrogen-bond acceptors (Lipinski definition) is 5. The SMILES string of the molecule is C=C1CCC(N2C(=O)c3cccc(OCc4ccc(Cl)s4)c3C2=O)C(=O)N1. The highest BCUT2D eigenvalue weighted by molar-refractivity contribution is 7.16. The largest absolute Gasteiger partial charge is 0.487 e. The molecule has 2 aliphatic rings. The van der Waals surface area contributed by atoms with Gasteiger partial charge < -0.3 is 10.1 Å². The Bertz CT molecular complexity index is 984. The average Bonchev–Trinajstić information content (AvgIpc) is 3.16. The number of fused-ring (bicyclic) bond motifs is 1. The van der Waals surface area contributed by atoms with Gasteiger partial charge >= 0.3 is 0 Å². The van der Waals surface area contributed by atoms with E-state index < -0.39 is 23.8 Å². The van der Waals surface area contributed by atoms with E-state index in [1.165, 1.54) is 11.3 Å². The molecule has 1 saturated heterocycles. The number of halogens is 1. The van der Waals surface area contributed by atoms with E-state index >= 15 is 0 Å². The molecule has 2 aromatic rings. The summed E-state index contributed by atoms with van der Waals surface area (Å²) >= 11 is 7.30. The first kappa shape index (κ1) is 17.8. The fourth-order valence-corrected chi connectivity index (χ4v) is 4.26. The molecule has 4 rings (SSSR count). The summed E-state index contributed by atoms with van der Waals surface area (Å²) in [6.45, 7) is 3.96. The molecule has 27 heavy (non-hydrogen) atoms. The van der Waals surface area contributed by atoms with Gasteiger partial charge in [-0.05, 0) is 37.1 Å². The van der Waals surface area contributed by atoms with Crippen LogP contribution in [0, 0.1) is 0 Å². The molecule has 1 fully saturated rings. The van der Waals surface area contributed by atoms with Crippen LogP contribution in [0.1, 0.15) is 38.4 Å². The number of benzene rings is 1. The van der Waals surface area contributed by atoms with Crippen LogP contribution in [-0.2, 0) is 11.4 Å². The van der Waals surface area contributed by atoms with Crippen molar-refractivity contribution in [1.82, 2.24) is 10.2 Å². The van der Waals surface area contributed by atoms with Gasteiger partial charge in [-0.2, -0.15) is 0 Å². The third-order valence-corrected chi connectivity index (χ3v) is 5.75. The molecule has 1 atom stereocenters. The number of carbonyl (C=O) groups excluding carboxylic acids is 3. The number of hydrogen-bond donors (Lipinski definition) is 1. The molecule has 0 aliphatic carbocycles. The van der Waals surface area contributed by atoms with Crippen LogP contribution in [-0.4, -0.2) is 28.7 Å². The Balaban J connectivity index is 1.61. The molecule has 2 aliphatic heterocycles. The normalized spacial score (nSPS) is 19.3. The summed E-state index contributed by atoms with van der Waals surface area (Å²) in [5.74, 6) is -1.07. The van der Waals surface area contributed by atoms with Gasteiger partial charge in [0, 0.05) is 10.6 Å². The van der Waals surface area contributed by atoms with Crippen molar-refractivity contribution < 1.29 is 19.1 Å². The van der Waals surface area contributed by atoms with Crippen molar-refractivity contribution in [3.05, 3.63) is 62.9 Å². The number of ether oxygens (including phenoxy) is 1. The first-order chi connectivity index (χ1) is 13.0. The summed E-state index contributed by atoms with van der Waals surface area (Å²) in [4.78, 5) is 40.0. The van der Waals surface area contributed by atoms with E-state index in [1.54, 1.807) is 24.3 Å². The maximum Gasteiger partial charge on any atom is 0.266 e. The highest BCUT2D eigenvalue weighted by Gasteiger charge is 2.45. The van der Waals surface area contributed by atoms with E-state index in [1.807, 2.05) is 6.07 Å². The Morgan fingerprint density at radius 3 is 2.74 bits per heavy atom. The van der Waals surface area contributed by atoms with Crippen molar-refractivity contribution in [2.75, 3.05) is 0 Å². The summed E-state index contributed by atoms with van der Waals surface area (Å²) in [6.07, 6.45) is 0.881. The van der Waals surface area contributed by atoms with Crippen LogP contribution < -0.4 is 10.1 Å². The number of thiophene rings is 1. The first-order valence-corrected chi connectivity index (χ1v) is 9.51. The van der Waals surface area contributed by atoms with Gasteiger partial charge in [-0.1, -0.05) is 24.2 Å². The molecule has 1 aromatic heterocycles. The second kappa shape index (κ2) is 6.83. The fraction of sp³-hybridized carbons (Fsp3) is 0.211. The Labute approximate surface area is 164 Å². The van der Waals surface area contributed by atoms with Crippen molar-refractivity contribution in [3.8, 4) is 5.75 Å². The standard InChI is InChI=1S/C19H15ClN2O4S/c1-10-5-7-13(17(23)21-10)22-18(24)12-3-2-4-14(16(12)19(22)25)26-9-11-6-8-15(20)27-11/h2-4,6,8,13H,1,5,7,9H2,(H,21,23). The molecule has 1 N–H and O–H groups in total. The third-order valence-electron chi connectivity index (χ3n) is 4.54. The zero-order valence-corrected chi connectivity index (χ0v) is 15.7. The van der Waals surface area contributed by atoms with Crippen molar-refractivity contribution in [2.45, 2.75) is 25.5 Å².